The smallest absolute Gasteiger partial charge is 0.324 e. The Labute approximate surface area is 111 Å². The molecule has 0 fully saturated rings. The molecule has 2 aromatic heterocycles. The quantitative estimate of drug-likeness (QED) is 0.663. The van der Waals surface area contributed by atoms with Crippen LogP contribution in [0.15, 0.2) is 41.3 Å². The van der Waals surface area contributed by atoms with Gasteiger partial charge in [-0.1, -0.05) is 6.07 Å². The summed E-state index contributed by atoms with van der Waals surface area (Å²) < 4.78 is 39.2. The van der Waals surface area contributed by atoms with E-state index in [2.05, 4.69) is 10.4 Å². The van der Waals surface area contributed by atoms with Crippen molar-refractivity contribution in [3.63, 3.8) is 0 Å². The van der Waals surface area contributed by atoms with Crippen LogP contribution in [0.5, 0.6) is 0 Å². The number of aromatic nitrogens is 2. The zero-order valence-electron chi connectivity index (χ0n) is 10.2. The molecule has 5 nitrogen and oxygen atoms in total. The van der Waals surface area contributed by atoms with E-state index in [0.29, 0.717) is 15.9 Å². The Morgan fingerprint density at radius 2 is 2.05 bits per heavy atom. The molecular formula is C12H11F3N4O. The number of hydrogen-bond acceptors (Lipinski definition) is 4. The molecular weight excluding hydrogens is 273 g/mol. The third-order valence-corrected chi connectivity index (χ3v) is 2.64. The molecule has 2 rings (SSSR count). The van der Waals surface area contributed by atoms with Gasteiger partial charge in [0.05, 0.1) is 17.9 Å². The van der Waals surface area contributed by atoms with E-state index in [1.54, 1.807) is 6.07 Å². The maximum absolute atomic E-state index is 12.9. The Morgan fingerprint density at radius 3 is 2.70 bits per heavy atom. The highest BCUT2D eigenvalue weighted by atomic mass is 19.4. The fraction of sp³-hybridized carbons (Fsp3) is 0.167. The Kier molecular flexibility index (Phi) is 3.75. The van der Waals surface area contributed by atoms with Crippen molar-refractivity contribution in [2.45, 2.75) is 12.7 Å². The van der Waals surface area contributed by atoms with Crippen molar-refractivity contribution in [1.29, 1.82) is 0 Å². The molecule has 2 heterocycles. The molecule has 0 aliphatic rings. The van der Waals surface area contributed by atoms with Crippen LogP contribution in [0.3, 0.4) is 0 Å². The fourth-order valence-electron chi connectivity index (χ4n) is 1.75. The van der Waals surface area contributed by atoms with E-state index >= 15 is 0 Å². The first-order chi connectivity index (χ1) is 9.41. The van der Waals surface area contributed by atoms with Crippen LogP contribution in [0.4, 0.5) is 18.9 Å². The van der Waals surface area contributed by atoms with Gasteiger partial charge in [-0.05, 0) is 18.2 Å². The second-order valence-corrected chi connectivity index (χ2v) is 4.01. The lowest BCUT2D eigenvalue weighted by Gasteiger charge is -2.14. The number of hydrazine groups is 1. The number of nitrogens with one attached hydrogen (secondary N) is 1. The zero-order valence-corrected chi connectivity index (χ0v) is 10.2. The maximum Gasteiger partial charge on any atom is 0.431 e. The predicted molar refractivity (Wildman–Crippen MR) is 66.9 cm³/mol. The van der Waals surface area contributed by atoms with E-state index in [1.165, 1.54) is 12.3 Å². The zero-order chi connectivity index (χ0) is 14.8. The summed E-state index contributed by atoms with van der Waals surface area (Å²) >= 11 is 0. The second kappa shape index (κ2) is 5.33. The molecule has 0 aliphatic heterocycles. The molecule has 0 aromatic carbocycles. The van der Waals surface area contributed by atoms with Gasteiger partial charge < -0.3 is 5.43 Å². The van der Waals surface area contributed by atoms with E-state index < -0.39 is 17.4 Å². The van der Waals surface area contributed by atoms with Crippen molar-refractivity contribution in [2.24, 2.45) is 5.84 Å². The lowest BCUT2D eigenvalue weighted by Crippen LogP contribution is -2.28. The molecule has 0 aliphatic carbocycles. The van der Waals surface area contributed by atoms with Gasteiger partial charge in [0.2, 0.25) is 0 Å². The Balaban J connectivity index is 2.45. The highest BCUT2D eigenvalue weighted by Gasteiger charge is 2.34. The number of anilines is 1. The van der Waals surface area contributed by atoms with Crippen LogP contribution in [0.2, 0.25) is 0 Å². The number of nitrogens with zero attached hydrogens (tertiary/aromatic N) is 2. The van der Waals surface area contributed by atoms with Crippen LogP contribution >= 0.6 is 0 Å². The molecule has 2 aromatic rings. The minimum Gasteiger partial charge on any atom is -0.324 e. The highest BCUT2D eigenvalue weighted by Crippen LogP contribution is 2.28. The van der Waals surface area contributed by atoms with Crippen LogP contribution in [0.1, 0.15) is 11.4 Å². The van der Waals surface area contributed by atoms with Crippen LogP contribution in [0, 0.1) is 0 Å². The predicted octanol–water partition coefficient (Wildman–Crippen LogP) is 1.60. The topological polar surface area (TPSA) is 72.9 Å². The van der Waals surface area contributed by atoms with Crippen LogP contribution in [0.25, 0.3) is 0 Å². The largest absolute Gasteiger partial charge is 0.431 e. The van der Waals surface area contributed by atoms with E-state index in [9.17, 15) is 18.0 Å². The number of pyridine rings is 2. The summed E-state index contributed by atoms with van der Waals surface area (Å²) in [5, 5.41) is 0. The van der Waals surface area contributed by atoms with Gasteiger partial charge in [0.25, 0.3) is 5.56 Å². The van der Waals surface area contributed by atoms with Gasteiger partial charge in [0.1, 0.15) is 5.69 Å². The number of halogens is 3. The molecule has 0 saturated heterocycles. The summed E-state index contributed by atoms with van der Waals surface area (Å²) in [6.45, 7) is -0.288. The first-order valence-corrected chi connectivity index (χ1v) is 5.60. The second-order valence-electron chi connectivity index (χ2n) is 4.01. The molecule has 0 amide bonds. The van der Waals surface area contributed by atoms with Crippen molar-refractivity contribution in [1.82, 2.24) is 9.55 Å². The van der Waals surface area contributed by atoms with Crippen molar-refractivity contribution in [3.05, 3.63) is 58.3 Å². The maximum atomic E-state index is 12.9. The van der Waals surface area contributed by atoms with Gasteiger partial charge in [0.15, 0.2) is 0 Å². The van der Waals surface area contributed by atoms with Crippen molar-refractivity contribution in [3.8, 4) is 0 Å². The van der Waals surface area contributed by atoms with Crippen LogP contribution < -0.4 is 16.8 Å². The minimum absolute atomic E-state index is 0.288. The molecule has 0 atom stereocenters. The number of hydrogen-bond donors (Lipinski definition) is 2. The third kappa shape index (κ3) is 2.97. The molecule has 0 unspecified atom stereocenters. The van der Waals surface area contributed by atoms with Crippen molar-refractivity contribution in [2.75, 3.05) is 5.43 Å². The molecule has 0 bridgehead atoms. The Hall–Kier alpha value is -2.35. The summed E-state index contributed by atoms with van der Waals surface area (Å²) in [6, 6.07) is 6.03. The lowest BCUT2D eigenvalue weighted by molar-refractivity contribution is -0.144. The molecule has 20 heavy (non-hydrogen) atoms. The third-order valence-electron chi connectivity index (χ3n) is 2.64. The molecule has 0 spiro atoms. The minimum atomic E-state index is -4.61. The summed E-state index contributed by atoms with van der Waals surface area (Å²) in [5.41, 5.74) is 1.39. The van der Waals surface area contributed by atoms with E-state index in [1.807, 2.05) is 0 Å². The number of alkyl halides is 3. The molecule has 3 N–H and O–H groups in total. The fourth-order valence-corrected chi connectivity index (χ4v) is 1.75. The summed E-state index contributed by atoms with van der Waals surface area (Å²) in [7, 11) is 0. The average molecular weight is 284 g/mol. The normalized spacial score (nSPS) is 11.4. The van der Waals surface area contributed by atoms with Gasteiger partial charge in [-0.3, -0.25) is 20.2 Å². The highest BCUT2D eigenvalue weighted by molar-refractivity contribution is 5.41. The van der Waals surface area contributed by atoms with Gasteiger partial charge in [-0.2, -0.15) is 13.2 Å². The molecule has 0 saturated carbocycles. The first kappa shape index (κ1) is 14.1. The number of nitrogens with two attached hydrogens (primary N) is 1. The monoisotopic (exact) mass is 284 g/mol. The van der Waals surface area contributed by atoms with Crippen molar-refractivity contribution >= 4 is 5.69 Å². The van der Waals surface area contributed by atoms with E-state index in [-0.39, 0.29) is 6.54 Å². The van der Waals surface area contributed by atoms with Gasteiger partial charge in [0, 0.05) is 12.3 Å². The Bertz CT molecular complexity index is 666. The molecule has 0 radical (unpaired) electrons. The number of rotatable bonds is 3. The van der Waals surface area contributed by atoms with Crippen molar-refractivity contribution < 1.29 is 13.2 Å². The van der Waals surface area contributed by atoms with Crippen LogP contribution in [-0.2, 0) is 12.7 Å². The summed E-state index contributed by atoms with van der Waals surface area (Å²) in [4.78, 5) is 15.6. The number of nitrogen functional groups attached to an aromatic ring is 1. The first-order valence-electron chi connectivity index (χ1n) is 5.60. The average Bonchev–Trinajstić information content (AvgIpc) is 2.40. The molecule has 8 heteroatoms. The molecule has 106 valence electrons. The van der Waals surface area contributed by atoms with Crippen LogP contribution in [-0.4, -0.2) is 9.55 Å². The Morgan fingerprint density at radius 1 is 1.30 bits per heavy atom. The van der Waals surface area contributed by atoms with Gasteiger partial charge in [-0.25, -0.2) is 0 Å². The summed E-state index contributed by atoms with van der Waals surface area (Å²) in [6.07, 6.45) is -3.21. The van der Waals surface area contributed by atoms with Gasteiger partial charge in [-0.15, -0.1) is 0 Å². The van der Waals surface area contributed by atoms with Gasteiger partial charge >= 0.3 is 6.18 Å². The summed E-state index contributed by atoms with van der Waals surface area (Å²) in [5.74, 6) is 5.21. The standard InChI is InChI=1S/C12H11F3N4O/c13-12(14,15)10-2-1-3-11(20)19(10)7-9-6-8(18-16)4-5-17-9/h1-6H,7,16H2,(H,17,18). The SMILES string of the molecule is NNc1ccnc(Cn2c(C(F)(F)F)cccc2=O)c1. The van der Waals surface area contributed by atoms with E-state index in [4.69, 9.17) is 5.84 Å². The lowest BCUT2D eigenvalue weighted by atomic mass is 10.2. The van der Waals surface area contributed by atoms with E-state index in [0.717, 1.165) is 18.2 Å².